The third-order valence-corrected chi connectivity index (χ3v) is 4.43. The molecule has 2 heterocycles. The van der Waals surface area contributed by atoms with Gasteiger partial charge in [-0.15, -0.1) is 0 Å². The molecule has 0 spiro atoms. The lowest BCUT2D eigenvalue weighted by molar-refractivity contribution is 0.100. The second-order valence-corrected chi connectivity index (χ2v) is 8.06. The average molecular weight is 440 g/mol. The lowest BCUT2D eigenvalue weighted by Crippen LogP contribution is -2.27. The van der Waals surface area contributed by atoms with Crippen molar-refractivity contribution in [1.82, 2.24) is 9.97 Å². The van der Waals surface area contributed by atoms with Crippen LogP contribution in [-0.4, -0.2) is 33.9 Å². The average Bonchev–Trinajstić information content (AvgIpc) is 2.73. The van der Waals surface area contributed by atoms with Gasteiger partial charge in [0.1, 0.15) is 17.3 Å². The molecular formula is C22H29N7O3. The molecule has 0 aromatic carbocycles. The third-order valence-electron chi connectivity index (χ3n) is 4.43. The summed E-state index contributed by atoms with van der Waals surface area (Å²) < 4.78 is 5.15. The quantitative estimate of drug-likeness (QED) is 0.174. The van der Waals surface area contributed by atoms with Gasteiger partial charge in [-0.2, -0.15) is 4.99 Å². The molecule has 0 aliphatic heterocycles. The predicted molar refractivity (Wildman–Crippen MR) is 125 cm³/mol. The van der Waals surface area contributed by atoms with Crippen LogP contribution < -0.4 is 27.1 Å². The molecule has 0 aliphatic carbocycles. The fourth-order valence-corrected chi connectivity index (χ4v) is 2.45. The number of aryl methyl sites for hydroxylation is 1. The second kappa shape index (κ2) is 9.92. The van der Waals surface area contributed by atoms with Gasteiger partial charge in [0, 0.05) is 35.6 Å². The number of nitrogens with zero attached hydrogens (tertiary/aromatic N) is 4. The number of hydrazine groups is 1. The summed E-state index contributed by atoms with van der Waals surface area (Å²) in [5, 5.41) is 11.3. The first kappa shape index (κ1) is 24.4. The number of nitrogens with two attached hydrogens (primary N) is 3. The summed E-state index contributed by atoms with van der Waals surface area (Å²) in [5.41, 5.74) is 13.5. The largest absolute Gasteiger partial charge is 0.512 e. The Kier molecular flexibility index (Phi) is 7.55. The van der Waals surface area contributed by atoms with Crippen molar-refractivity contribution in [3.8, 4) is 5.75 Å². The number of carbonyl (C=O) groups excluding carboxylic acids is 1. The van der Waals surface area contributed by atoms with Gasteiger partial charge in [-0.25, -0.2) is 5.84 Å². The Morgan fingerprint density at radius 2 is 1.88 bits per heavy atom. The van der Waals surface area contributed by atoms with E-state index in [1.807, 2.05) is 0 Å². The molecule has 0 aliphatic rings. The number of amides is 1. The molecule has 0 fully saturated rings. The maximum Gasteiger partial charge on any atom is 0.280 e. The van der Waals surface area contributed by atoms with Gasteiger partial charge in [0.15, 0.2) is 0 Å². The minimum Gasteiger partial charge on any atom is -0.512 e. The van der Waals surface area contributed by atoms with E-state index in [9.17, 15) is 9.90 Å². The molecule has 2 rings (SSSR count). The number of aliphatic hydroxyl groups excluding tert-OH is 1. The standard InChI is InChI=1S/C22H29N7O3/c1-13-18(29(25)12-17(23)14-6-16(32-5)11-26-9-14)7-15(10-27-13)21(31)28-20(24)8-19(30)22(2,3)4/h6-12,30H,23,25H2,1-5H3,(H2,24,28,31)/b17-12-,19-8-. The summed E-state index contributed by atoms with van der Waals surface area (Å²) in [5.74, 6) is 5.97. The Morgan fingerprint density at radius 1 is 1.19 bits per heavy atom. The van der Waals surface area contributed by atoms with Crippen molar-refractivity contribution >= 4 is 23.1 Å². The van der Waals surface area contributed by atoms with E-state index in [-0.39, 0.29) is 17.2 Å². The zero-order valence-electron chi connectivity index (χ0n) is 18.8. The Bertz CT molecular complexity index is 1090. The molecule has 170 valence electrons. The summed E-state index contributed by atoms with van der Waals surface area (Å²) in [6, 6.07) is 3.25. The maximum atomic E-state index is 12.5. The molecule has 0 atom stereocenters. The zero-order chi connectivity index (χ0) is 24.1. The van der Waals surface area contributed by atoms with Crippen LogP contribution in [0, 0.1) is 12.3 Å². The van der Waals surface area contributed by atoms with Crippen molar-refractivity contribution in [3.05, 3.63) is 65.6 Å². The number of hydrogen-bond donors (Lipinski definition) is 4. The van der Waals surface area contributed by atoms with Crippen molar-refractivity contribution in [2.75, 3.05) is 12.1 Å². The van der Waals surface area contributed by atoms with Crippen LogP contribution >= 0.6 is 0 Å². The number of anilines is 1. The molecule has 32 heavy (non-hydrogen) atoms. The normalized spacial score (nSPS) is 13.1. The minimum absolute atomic E-state index is 0.00930. The van der Waals surface area contributed by atoms with Crippen molar-refractivity contribution in [1.29, 1.82) is 0 Å². The number of rotatable bonds is 6. The summed E-state index contributed by atoms with van der Waals surface area (Å²) >= 11 is 0. The van der Waals surface area contributed by atoms with Gasteiger partial charge in [-0.3, -0.25) is 19.8 Å². The number of pyridine rings is 2. The topological polar surface area (TPSA) is 166 Å². The van der Waals surface area contributed by atoms with Gasteiger partial charge in [0.2, 0.25) is 0 Å². The molecular weight excluding hydrogens is 410 g/mol. The van der Waals surface area contributed by atoms with Crippen LogP contribution in [0.1, 0.15) is 42.4 Å². The molecule has 1 amide bonds. The highest BCUT2D eigenvalue weighted by molar-refractivity contribution is 6.06. The van der Waals surface area contributed by atoms with E-state index in [0.717, 1.165) is 0 Å². The number of aromatic nitrogens is 2. The van der Waals surface area contributed by atoms with Gasteiger partial charge in [0.25, 0.3) is 5.91 Å². The number of aliphatic imine (C=N–C) groups is 1. The molecule has 0 bridgehead atoms. The van der Waals surface area contributed by atoms with Crippen LogP contribution in [0.5, 0.6) is 5.75 Å². The fourth-order valence-electron chi connectivity index (χ4n) is 2.45. The molecule has 7 N–H and O–H groups in total. The lowest BCUT2D eigenvalue weighted by Gasteiger charge is -2.18. The van der Waals surface area contributed by atoms with Crippen molar-refractivity contribution in [2.24, 2.45) is 27.7 Å². The Labute approximate surface area is 187 Å². The van der Waals surface area contributed by atoms with E-state index >= 15 is 0 Å². The van der Waals surface area contributed by atoms with E-state index in [1.54, 1.807) is 46.2 Å². The SMILES string of the molecule is COc1cncc(/C(N)=C/N(N)c2cc(C(=O)N=C(N)/C=C(\O)C(C)(C)C)cnc2C)c1. The molecule has 2 aromatic heterocycles. The summed E-state index contributed by atoms with van der Waals surface area (Å²) in [6.45, 7) is 7.16. The number of aliphatic hydroxyl groups is 1. The molecule has 0 unspecified atom stereocenters. The van der Waals surface area contributed by atoms with E-state index in [4.69, 9.17) is 22.0 Å². The van der Waals surface area contributed by atoms with Crippen LogP contribution in [0.2, 0.25) is 0 Å². The highest BCUT2D eigenvalue weighted by Crippen LogP contribution is 2.23. The van der Waals surface area contributed by atoms with Crippen LogP contribution in [0.3, 0.4) is 0 Å². The number of hydrogen-bond acceptors (Lipinski definition) is 8. The highest BCUT2D eigenvalue weighted by Gasteiger charge is 2.17. The maximum absolute atomic E-state index is 12.5. The number of carbonyl (C=O) groups is 1. The number of methoxy groups -OCH3 is 1. The smallest absolute Gasteiger partial charge is 0.280 e. The first-order valence-corrected chi connectivity index (χ1v) is 9.69. The highest BCUT2D eigenvalue weighted by atomic mass is 16.5. The predicted octanol–water partition coefficient (Wildman–Crippen LogP) is 2.42. The van der Waals surface area contributed by atoms with E-state index in [1.165, 1.54) is 36.7 Å². The van der Waals surface area contributed by atoms with E-state index < -0.39 is 11.3 Å². The van der Waals surface area contributed by atoms with E-state index in [2.05, 4.69) is 15.0 Å². The van der Waals surface area contributed by atoms with Gasteiger partial charge in [0.05, 0.1) is 35.9 Å². The molecule has 0 saturated heterocycles. The van der Waals surface area contributed by atoms with Crippen molar-refractivity contribution in [3.63, 3.8) is 0 Å². The monoisotopic (exact) mass is 439 g/mol. The third kappa shape index (κ3) is 6.29. The van der Waals surface area contributed by atoms with Crippen LogP contribution in [-0.2, 0) is 0 Å². The minimum atomic E-state index is -0.628. The lowest BCUT2D eigenvalue weighted by atomic mass is 9.93. The molecule has 0 radical (unpaired) electrons. The van der Waals surface area contributed by atoms with Gasteiger partial charge >= 0.3 is 0 Å². The van der Waals surface area contributed by atoms with Gasteiger partial charge in [-0.05, 0) is 19.1 Å². The van der Waals surface area contributed by atoms with Crippen LogP contribution in [0.25, 0.3) is 5.70 Å². The second-order valence-electron chi connectivity index (χ2n) is 8.06. The molecule has 0 saturated carbocycles. The van der Waals surface area contributed by atoms with Crippen molar-refractivity contribution in [2.45, 2.75) is 27.7 Å². The number of allylic oxidation sites excluding steroid dienone is 1. The Hall–Kier alpha value is -3.92. The summed E-state index contributed by atoms with van der Waals surface area (Å²) in [4.78, 5) is 24.6. The van der Waals surface area contributed by atoms with Crippen LogP contribution in [0.15, 0.2) is 53.8 Å². The van der Waals surface area contributed by atoms with E-state index in [0.29, 0.717) is 28.4 Å². The Balaban J connectivity index is 2.31. The summed E-state index contributed by atoms with van der Waals surface area (Å²) in [6.07, 6.45) is 7.24. The number of ether oxygens (including phenoxy) is 1. The Morgan fingerprint density at radius 3 is 2.50 bits per heavy atom. The summed E-state index contributed by atoms with van der Waals surface area (Å²) in [7, 11) is 1.53. The first-order chi connectivity index (χ1) is 14.9. The van der Waals surface area contributed by atoms with Gasteiger partial charge < -0.3 is 21.3 Å². The van der Waals surface area contributed by atoms with Crippen LogP contribution in [0.4, 0.5) is 5.69 Å². The molecule has 10 heteroatoms. The van der Waals surface area contributed by atoms with Gasteiger partial charge in [-0.1, -0.05) is 20.8 Å². The fraction of sp³-hybridized carbons (Fsp3) is 0.273. The van der Waals surface area contributed by atoms with Crippen molar-refractivity contribution < 1.29 is 14.6 Å². The molecule has 2 aromatic rings. The number of amidine groups is 1. The zero-order valence-corrected chi connectivity index (χ0v) is 18.8. The molecule has 10 nitrogen and oxygen atoms in total. The first-order valence-electron chi connectivity index (χ1n) is 9.69.